The summed E-state index contributed by atoms with van der Waals surface area (Å²) < 4.78 is 0. The number of nitrogens with zero attached hydrogens (tertiary/aromatic N) is 2. The highest BCUT2D eigenvalue weighted by molar-refractivity contribution is 5.94. The normalized spacial score (nSPS) is 23.2. The first-order valence-electron chi connectivity index (χ1n) is 9.98. The predicted octanol–water partition coefficient (Wildman–Crippen LogP) is 4.23. The fourth-order valence-electron chi connectivity index (χ4n) is 4.15. The van der Waals surface area contributed by atoms with Gasteiger partial charge in [0.1, 0.15) is 0 Å². The molecule has 0 unspecified atom stereocenters. The van der Waals surface area contributed by atoms with E-state index in [1.54, 1.807) is 4.90 Å². The Balaban J connectivity index is 1.67. The molecule has 144 valence electrons. The van der Waals surface area contributed by atoms with Crippen LogP contribution in [0.25, 0.3) is 0 Å². The largest absolute Gasteiger partial charge is 0.345 e. The molecule has 2 aromatic carbocycles. The zero-order valence-corrected chi connectivity index (χ0v) is 17.1. The van der Waals surface area contributed by atoms with Crippen molar-refractivity contribution in [3.05, 3.63) is 71.3 Å². The molecule has 27 heavy (non-hydrogen) atoms. The molecule has 1 heterocycles. The van der Waals surface area contributed by atoms with Gasteiger partial charge in [0, 0.05) is 32.7 Å². The number of benzene rings is 2. The zero-order chi connectivity index (χ0) is 19.4. The number of carbonyl (C=O) groups is 1. The highest BCUT2D eigenvalue weighted by Crippen LogP contribution is 2.39. The maximum Gasteiger partial charge on any atom is 0.253 e. The van der Waals surface area contributed by atoms with Gasteiger partial charge in [-0.2, -0.15) is 0 Å². The Labute approximate surface area is 164 Å². The lowest BCUT2D eigenvalue weighted by atomic mass is 9.68. The van der Waals surface area contributed by atoms with Crippen LogP contribution in [0, 0.1) is 5.92 Å². The van der Waals surface area contributed by atoms with E-state index >= 15 is 0 Å². The number of hydrogen-bond donors (Lipinski definition) is 0. The summed E-state index contributed by atoms with van der Waals surface area (Å²) in [5, 5.41) is 0. The van der Waals surface area contributed by atoms with Gasteiger partial charge in [0.05, 0.1) is 0 Å². The second-order valence-electron chi connectivity index (χ2n) is 8.39. The summed E-state index contributed by atoms with van der Waals surface area (Å²) >= 11 is 0. The van der Waals surface area contributed by atoms with E-state index in [1.807, 2.05) is 26.2 Å². The third kappa shape index (κ3) is 4.41. The molecule has 0 N–H and O–H groups in total. The Kier molecular flexibility index (Phi) is 6.01. The molecule has 1 amide bonds. The van der Waals surface area contributed by atoms with Crippen LogP contribution in [-0.2, 0) is 11.8 Å². The number of piperidine rings is 1. The van der Waals surface area contributed by atoms with Crippen molar-refractivity contribution in [3.8, 4) is 0 Å². The Morgan fingerprint density at radius 1 is 1.15 bits per heavy atom. The Hall–Kier alpha value is -2.13. The van der Waals surface area contributed by atoms with Crippen LogP contribution in [0.1, 0.15) is 41.8 Å². The minimum Gasteiger partial charge on any atom is -0.345 e. The van der Waals surface area contributed by atoms with E-state index in [0.717, 1.165) is 38.0 Å². The molecule has 1 fully saturated rings. The van der Waals surface area contributed by atoms with E-state index in [1.165, 1.54) is 11.1 Å². The van der Waals surface area contributed by atoms with Crippen molar-refractivity contribution in [1.82, 2.24) is 9.80 Å². The number of rotatable bonds is 5. The minimum absolute atomic E-state index is 0.0772. The first-order chi connectivity index (χ1) is 12.9. The monoisotopic (exact) mass is 364 g/mol. The fourth-order valence-corrected chi connectivity index (χ4v) is 4.15. The summed E-state index contributed by atoms with van der Waals surface area (Å²) in [6, 6.07) is 19.0. The van der Waals surface area contributed by atoms with Gasteiger partial charge in [-0.15, -0.1) is 0 Å². The summed E-state index contributed by atoms with van der Waals surface area (Å²) in [5.41, 5.74) is 3.61. The van der Waals surface area contributed by atoms with Gasteiger partial charge in [-0.3, -0.25) is 4.79 Å². The molecule has 2 aromatic rings. The average molecular weight is 365 g/mol. The lowest BCUT2D eigenvalue weighted by Crippen LogP contribution is -2.47. The van der Waals surface area contributed by atoms with Crippen LogP contribution in [0.2, 0.25) is 0 Å². The maximum absolute atomic E-state index is 12.4. The molecule has 0 saturated carbocycles. The van der Waals surface area contributed by atoms with Crippen molar-refractivity contribution in [1.29, 1.82) is 0 Å². The number of hydrogen-bond acceptors (Lipinski definition) is 2. The molecule has 0 radical (unpaired) electrons. The van der Waals surface area contributed by atoms with E-state index in [4.69, 9.17) is 0 Å². The Morgan fingerprint density at radius 3 is 2.56 bits per heavy atom. The lowest BCUT2D eigenvalue weighted by molar-refractivity contribution is 0.0826. The molecule has 0 spiro atoms. The van der Waals surface area contributed by atoms with E-state index in [-0.39, 0.29) is 11.3 Å². The van der Waals surface area contributed by atoms with Crippen molar-refractivity contribution in [2.75, 3.05) is 33.7 Å². The molecule has 3 nitrogen and oxygen atoms in total. The highest BCUT2D eigenvalue weighted by Gasteiger charge is 2.38. The van der Waals surface area contributed by atoms with Crippen LogP contribution in [0.4, 0.5) is 0 Å². The molecular formula is C24H32N2O. The summed E-state index contributed by atoms with van der Waals surface area (Å²) in [7, 11) is 3.62. The van der Waals surface area contributed by atoms with Crippen molar-refractivity contribution in [2.45, 2.75) is 32.1 Å². The van der Waals surface area contributed by atoms with E-state index < -0.39 is 0 Å². The van der Waals surface area contributed by atoms with Gasteiger partial charge in [0.25, 0.3) is 5.91 Å². The van der Waals surface area contributed by atoms with E-state index in [0.29, 0.717) is 5.92 Å². The first-order valence-corrected chi connectivity index (χ1v) is 9.98. The van der Waals surface area contributed by atoms with Gasteiger partial charge in [-0.05, 0) is 54.0 Å². The minimum atomic E-state index is 0.0772. The van der Waals surface area contributed by atoms with Gasteiger partial charge in [0.15, 0.2) is 0 Å². The van der Waals surface area contributed by atoms with Crippen LogP contribution in [0.5, 0.6) is 0 Å². The van der Waals surface area contributed by atoms with Crippen LogP contribution < -0.4 is 0 Å². The summed E-state index contributed by atoms with van der Waals surface area (Å²) in [5.74, 6) is 0.625. The van der Waals surface area contributed by atoms with Crippen LogP contribution in [-0.4, -0.2) is 49.4 Å². The van der Waals surface area contributed by atoms with Crippen molar-refractivity contribution in [2.24, 2.45) is 5.92 Å². The van der Waals surface area contributed by atoms with Gasteiger partial charge >= 0.3 is 0 Å². The standard InChI is InChI=1S/C24H32N2O/c1-19-18-26(15-13-20-9-6-5-7-10-20)16-14-24(19,2)22-12-8-11-21(17-22)23(27)25(3)4/h5-12,17,19H,13-16,18H2,1-4H3/t19-,24+/m0/s1. The molecule has 1 aliphatic heterocycles. The third-order valence-electron chi connectivity index (χ3n) is 6.30. The van der Waals surface area contributed by atoms with Crippen LogP contribution >= 0.6 is 0 Å². The smallest absolute Gasteiger partial charge is 0.253 e. The molecule has 3 heteroatoms. The molecule has 1 saturated heterocycles. The summed E-state index contributed by atoms with van der Waals surface area (Å²) in [6.45, 7) is 8.05. The van der Waals surface area contributed by atoms with Crippen molar-refractivity contribution < 1.29 is 4.79 Å². The SMILES string of the molecule is C[C@H]1CN(CCc2ccccc2)CC[C@@]1(C)c1cccc(C(=O)N(C)C)c1. The fraction of sp³-hybridized carbons (Fsp3) is 0.458. The second-order valence-corrected chi connectivity index (χ2v) is 8.39. The number of likely N-dealkylation sites (tertiary alicyclic amines) is 1. The summed E-state index contributed by atoms with van der Waals surface area (Å²) in [4.78, 5) is 16.6. The first kappa shape index (κ1) is 19.6. The van der Waals surface area contributed by atoms with E-state index in [2.05, 4.69) is 61.2 Å². The van der Waals surface area contributed by atoms with Gasteiger partial charge in [-0.25, -0.2) is 0 Å². The van der Waals surface area contributed by atoms with Gasteiger partial charge < -0.3 is 9.80 Å². The van der Waals surface area contributed by atoms with E-state index in [9.17, 15) is 4.79 Å². The maximum atomic E-state index is 12.4. The molecule has 3 rings (SSSR count). The predicted molar refractivity (Wildman–Crippen MR) is 112 cm³/mol. The zero-order valence-electron chi connectivity index (χ0n) is 17.1. The van der Waals surface area contributed by atoms with Crippen LogP contribution in [0.3, 0.4) is 0 Å². The molecule has 0 bridgehead atoms. The Morgan fingerprint density at radius 2 is 1.89 bits per heavy atom. The average Bonchev–Trinajstić information content (AvgIpc) is 2.69. The van der Waals surface area contributed by atoms with Gasteiger partial charge in [-0.1, -0.05) is 56.3 Å². The topological polar surface area (TPSA) is 23.6 Å². The molecular weight excluding hydrogens is 332 g/mol. The summed E-state index contributed by atoms with van der Waals surface area (Å²) in [6.07, 6.45) is 2.24. The molecule has 0 aliphatic carbocycles. The van der Waals surface area contributed by atoms with Crippen molar-refractivity contribution >= 4 is 5.91 Å². The van der Waals surface area contributed by atoms with Crippen LogP contribution in [0.15, 0.2) is 54.6 Å². The number of amides is 1. The molecule has 0 aromatic heterocycles. The third-order valence-corrected chi connectivity index (χ3v) is 6.30. The molecule has 1 aliphatic rings. The number of carbonyl (C=O) groups excluding carboxylic acids is 1. The lowest BCUT2D eigenvalue weighted by Gasteiger charge is -2.45. The highest BCUT2D eigenvalue weighted by atomic mass is 16.2. The molecule has 2 atom stereocenters. The Bertz CT molecular complexity index is 771. The second kappa shape index (κ2) is 8.26. The quantitative estimate of drug-likeness (QED) is 0.793. The van der Waals surface area contributed by atoms with Gasteiger partial charge in [0.2, 0.25) is 0 Å². The van der Waals surface area contributed by atoms with Crippen molar-refractivity contribution in [3.63, 3.8) is 0 Å².